The van der Waals surface area contributed by atoms with E-state index in [4.69, 9.17) is 0 Å². The van der Waals surface area contributed by atoms with E-state index >= 15 is 0 Å². The monoisotopic (exact) mass is 311 g/mol. The fourth-order valence-electron chi connectivity index (χ4n) is 5.77. The molecule has 3 heteroatoms. The molecule has 120 valence electrons. The van der Waals surface area contributed by atoms with Crippen molar-refractivity contribution in [2.75, 3.05) is 0 Å². The zero-order chi connectivity index (χ0) is 16.2. The average molecular weight is 311 g/mol. The summed E-state index contributed by atoms with van der Waals surface area (Å²) in [5, 5.41) is 9.22. The van der Waals surface area contributed by atoms with Crippen molar-refractivity contribution >= 4 is 5.78 Å². The normalized spacial score (nSPS) is 35.2. The molecule has 1 aromatic carbocycles. The molecule has 23 heavy (non-hydrogen) atoms. The zero-order valence-electron chi connectivity index (χ0n) is 13.6. The third-order valence-corrected chi connectivity index (χ3v) is 6.99. The molecule has 2 fully saturated rings. The quantitative estimate of drug-likeness (QED) is 0.768. The number of hydrogen-bond acceptors (Lipinski definition) is 2. The van der Waals surface area contributed by atoms with E-state index in [9.17, 15) is 14.4 Å². The van der Waals surface area contributed by atoms with Gasteiger partial charge in [-0.15, -0.1) is 0 Å². The van der Waals surface area contributed by atoms with Crippen molar-refractivity contribution in [3.63, 3.8) is 0 Å². The van der Waals surface area contributed by atoms with Crippen molar-refractivity contribution in [1.82, 2.24) is 0 Å². The van der Waals surface area contributed by atoms with Gasteiger partial charge in [0.05, 0.1) is 11.6 Å². The molecule has 0 saturated heterocycles. The van der Waals surface area contributed by atoms with Crippen LogP contribution in [0.5, 0.6) is 0 Å². The lowest BCUT2D eigenvalue weighted by Crippen LogP contribution is -2.42. The van der Waals surface area contributed by atoms with E-state index in [1.165, 1.54) is 5.56 Å². The fraction of sp³-hybridized carbons (Fsp3) is 0.600. The number of hydrogen-bond donors (Lipinski definition) is 0. The van der Waals surface area contributed by atoms with Crippen molar-refractivity contribution in [2.24, 2.45) is 17.3 Å². The molecule has 0 spiro atoms. The summed E-state index contributed by atoms with van der Waals surface area (Å²) < 4.78 is 13.5. The predicted octanol–water partition coefficient (Wildman–Crippen LogP) is 4.45. The van der Waals surface area contributed by atoms with Crippen LogP contribution in [-0.4, -0.2) is 5.78 Å². The minimum absolute atomic E-state index is 0.117. The van der Waals surface area contributed by atoms with Gasteiger partial charge in [-0.1, -0.05) is 13.0 Å². The van der Waals surface area contributed by atoms with Gasteiger partial charge in [0.2, 0.25) is 0 Å². The Morgan fingerprint density at radius 3 is 2.87 bits per heavy atom. The molecule has 2 saturated carbocycles. The Balaban J connectivity index is 1.76. The lowest BCUT2D eigenvalue weighted by Gasteiger charge is -2.48. The van der Waals surface area contributed by atoms with Gasteiger partial charge < -0.3 is 0 Å². The molecule has 0 aliphatic heterocycles. The number of ketones is 1. The Bertz CT molecular complexity index is 719. The van der Waals surface area contributed by atoms with Gasteiger partial charge in [-0.25, -0.2) is 4.39 Å². The molecule has 0 heterocycles. The molecule has 0 bridgehead atoms. The number of nitrogens with zero attached hydrogens (tertiary/aromatic N) is 1. The van der Waals surface area contributed by atoms with Crippen LogP contribution >= 0.6 is 0 Å². The van der Waals surface area contributed by atoms with Gasteiger partial charge in [0, 0.05) is 17.4 Å². The number of benzene rings is 1. The largest absolute Gasteiger partial charge is 0.299 e. The highest BCUT2D eigenvalue weighted by Crippen LogP contribution is 2.59. The summed E-state index contributed by atoms with van der Waals surface area (Å²) in [4.78, 5) is 12.3. The smallest absolute Gasteiger partial charge is 0.139 e. The van der Waals surface area contributed by atoms with Crippen molar-refractivity contribution in [1.29, 1.82) is 5.26 Å². The molecule has 3 aliphatic carbocycles. The van der Waals surface area contributed by atoms with Gasteiger partial charge in [0.1, 0.15) is 12.5 Å². The fourth-order valence-corrected chi connectivity index (χ4v) is 5.77. The minimum atomic E-state index is -0.552. The van der Waals surface area contributed by atoms with Gasteiger partial charge >= 0.3 is 0 Å². The molecule has 0 amide bonds. The van der Waals surface area contributed by atoms with Gasteiger partial charge in [-0.05, 0) is 67.1 Å². The first-order chi connectivity index (χ1) is 11.1. The van der Waals surface area contributed by atoms with E-state index in [0.717, 1.165) is 44.1 Å². The first-order valence-electron chi connectivity index (χ1n) is 8.74. The summed E-state index contributed by atoms with van der Waals surface area (Å²) in [6.07, 6.45) is 5.63. The highest BCUT2D eigenvalue weighted by molar-refractivity contribution is 5.87. The second-order valence-electron chi connectivity index (χ2n) is 7.74. The van der Waals surface area contributed by atoms with Crippen molar-refractivity contribution in [2.45, 2.75) is 58.0 Å². The molecule has 0 radical (unpaired) electrons. The van der Waals surface area contributed by atoms with Crippen LogP contribution in [0.25, 0.3) is 0 Å². The number of Topliss-reactive ketones (excluding diaryl/α,β-unsaturated/α-hetero) is 1. The van der Waals surface area contributed by atoms with E-state index in [0.29, 0.717) is 34.7 Å². The maximum absolute atomic E-state index is 13.5. The highest BCUT2D eigenvalue weighted by Gasteiger charge is 2.54. The summed E-state index contributed by atoms with van der Waals surface area (Å²) in [6, 6.07) is 5.99. The molecule has 0 N–H and O–H groups in total. The number of rotatable bonds is 1. The van der Waals surface area contributed by atoms with Crippen LogP contribution in [0.2, 0.25) is 0 Å². The SMILES string of the molecule is C[C@]12CCC3c4ccc(C#N)c(CF)c4CCC3C1CCC2=O. The first kappa shape index (κ1) is 14.9. The topological polar surface area (TPSA) is 40.9 Å². The number of fused-ring (bicyclic) bond motifs is 5. The van der Waals surface area contributed by atoms with E-state index in [1.54, 1.807) is 6.07 Å². The number of carbonyl (C=O) groups is 1. The van der Waals surface area contributed by atoms with Crippen LogP contribution in [-0.2, 0) is 17.9 Å². The van der Waals surface area contributed by atoms with Crippen LogP contribution in [0.4, 0.5) is 4.39 Å². The average Bonchev–Trinajstić information content (AvgIpc) is 2.88. The highest BCUT2D eigenvalue weighted by atomic mass is 19.1. The van der Waals surface area contributed by atoms with Crippen molar-refractivity contribution in [3.05, 3.63) is 34.4 Å². The maximum atomic E-state index is 13.5. The number of carbonyl (C=O) groups excluding carboxylic acids is 1. The Kier molecular flexibility index (Phi) is 3.34. The molecule has 3 unspecified atom stereocenters. The third kappa shape index (κ3) is 1.94. The van der Waals surface area contributed by atoms with Crippen molar-refractivity contribution < 1.29 is 9.18 Å². The van der Waals surface area contributed by atoms with E-state index in [2.05, 4.69) is 19.1 Å². The Labute approximate surface area is 136 Å². The maximum Gasteiger partial charge on any atom is 0.139 e. The Morgan fingerprint density at radius 1 is 1.30 bits per heavy atom. The second-order valence-corrected chi connectivity index (χ2v) is 7.74. The summed E-state index contributed by atoms with van der Waals surface area (Å²) in [7, 11) is 0. The third-order valence-electron chi connectivity index (χ3n) is 6.99. The number of halogens is 1. The van der Waals surface area contributed by atoms with Crippen molar-refractivity contribution in [3.8, 4) is 6.07 Å². The summed E-state index contributed by atoms with van der Waals surface area (Å²) in [5.74, 6) is 1.94. The van der Waals surface area contributed by atoms with Crippen LogP contribution in [0.15, 0.2) is 12.1 Å². The molecule has 2 nitrogen and oxygen atoms in total. The predicted molar refractivity (Wildman–Crippen MR) is 85.6 cm³/mol. The Morgan fingerprint density at radius 2 is 2.13 bits per heavy atom. The standard InChI is InChI=1S/C20H22FNO/c1-20-9-8-15-13-3-2-12(11-22)17(10-21)14(13)4-5-16(15)18(20)6-7-19(20)23/h2-3,15-16,18H,4-10H2,1H3/t15?,16?,18?,20-/m0/s1. The van der Waals surface area contributed by atoms with Gasteiger partial charge in [0.25, 0.3) is 0 Å². The molecule has 4 rings (SSSR count). The molecular weight excluding hydrogens is 289 g/mol. The number of alkyl halides is 1. The zero-order valence-corrected chi connectivity index (χ0v) is 13.6. The molecule has 0 aromatic heterocycles. The van der Waals surface area contributed by atoms with E-state index < -0.39 is 6.67 Å². The molecular formula is C20H22FNO. The second kappa shape index (κ2) is 5.16. The van der Waals surface area contributed by atoms with Gasteiger partial charge in [-0.3, -0.25) is 4.79 Å². The molecule has 1 aromatic rings. The lowest BCUT2D eigenvalue weighted by atomic mass is 9.55. The van der Waals surface area contributed by atoms with Crippen LogP contribution in [0.1, 0.15) is 67.2 Å². The van der Waals surface area contributed by atoms with Crippen LogP contribution in [0, 0.1) is 28.6 Å². The first-order valence-corrected chi connectivity index (χ1v) is 8.74. The van der Waals surface area contributed by atoms with Crippen LogP contribution in [0.3, 0.4) is 0 Å². The van der Waals surface area contributed by atoms with Gasteiger partial charge in [0.15, 0.2) is 0 Å². The van der Waals surface area contributed by atoms with E-state index in [1.807, 2.05) is 0 Å². The van der Waals surface area contributed by atoms with E-state index in [-0.39, 0.29) is 5.41 Å². The summed E-state index contributed by atoms with van der Waals surface area (Å²) >= 11 is 0. The molecule has 4 atom stereocenters. The van der Waals surface area contributed by atoms with Crippen LogP contribution < -0.4 is 0 Å². The minimum Gasteiger partial charge on any atom is -0.299 e. The summed E-state index contributed by atoms with van der Waals surface area (Å²) in [6.45, 7) is 1.62. The molecule has 3 aliphatic rings. The van der Waals surface area contributed by atoms with Gasteiger partial charge in [-0.2, -0.15) is 5.26 Å². The lowest BCUT2D eigenvalue weighted by molar-refractivity contribution is -0.129. The summed E-state index contributed by atoms with van der Waals surface area (Å²) in [5.41, 5.74) is 3.32. The number of nitriles is 1. The Hall–Kier alpha value is -1.69.